The number of rotatable bonds is 0. The fraction of sp³-hybridized carbons (Fsp3) is 0.0323. The highest BCUT2D eigenvalue weighted by atomic mass is 16.3. The van der Waals surface area contributed by atoms with Crippen LogP contribution in [0.3, 0.4) is 0 Å². The van der Waals surface area contributed by atoms with Crippen molar-refractivity contribution in [2.75, 3.05) is 0 Å². The van der Waals surface area contributed by atoms with Gasteiger partial charge in [-0.25, -0.2) is 0 Å². The minimum absolute atomic E-state index is 0.342. The molecule has 0 unspecified atom stereocenters. The zero-order valence-corrected chi connectivity index (χ0v) is 17.3. The molecular formula is C31H18O. The third-order valence-electron chi connectivity index (χ3n) is 7.49. The van der Waals surface area contributed by atoms with E-state index in [1.54, 1.807) is 0 Å². The largest absolute Gasteiger partial charge is 0.456 e. The zero-order chi connectivity index (χ0) is 20.9. The van der Waals surface area contributed by atoms with E-state index in [1.165, 1.54) is 55.3 Å². The van der Waals surface area contributed by atoms with E-state index in [-0.39, 0.29) is 5.41 Å². The van der Waals surface area contributed by atoms with E-state index in [4.69, 9.17) is 4.42 Å². The molecule has 0 fully saturated rings. The van der Waals surface area contributed by atoms with Gasteiger partial charge in [0.2, 0.25) is 0 Å². The Hall–Kier alpha value is -4.10. The summed E-state index contributed by atoms with van der Waals surface area (Å²) in [5, 5.41) is 2.43. The second-order valence-corrected chi connectivity index (χ2v) is 8.85. The molecule has 1 heteroatoms. The maximum atomic E-state index is 6.36. The van der Waals surface area contributed by atoms with Crippen molar-refractivity contribution in [3.63, 3.8) is 0 Å². The van der Waals surface area contributed by atoms with Crippen molar-refractivity contribution in [3.8, 4) is 22.3 Å². The predicted molar refractivity (Wildman–Crippen MR) is 130 cm³/mol. The van der Waals surface area contributed by atoms with Gasteiger partial charge in [-0.15, -0.1) is 0 Å². The van der Waals surface area contributed by atoms with Crippen molar-refractivity contribution in [1.82, 2.24) is 0 Å². The number of hydrogen-bond acceptors (Lipinski definition) is 1. The van der Waals surface area contributed by atoms with Crippen molar-refractivity contribution in [2.45, 2.75) is 5.41 Å². The molecule has 1 heterocycles. The van der Waals surface area contributed by atoms with Crippen molar-refractivity contribution in [3.05, 3.63) is 131 Å². The van der Waals surface area contributed by atoms with Gasteiger partial charge < -0.3 is 4.42 Å². The summed E-state index contributed by atoms with van der Waals surface area (Å²) in [6, 6.07) is 39.7. The lowest BCUT2D eigenvalue weighted by atomic mass is 9.69. The second kappa shape index (κ2) is 5.57. The third kappa shape index (κ3) is 1.71. The first-order valence-corrected chi connectivity index (χ1v) is 11.1. The first kappa shape index (κ1) is 16.6. The van der Waals surface area contributed by atoms with Crippen LogP contribution in [0, 0.1) is 0 Å². The summed E-state index contributed by atoms with van der Waals surface area (Å²) < 4.78 is 6.36. The predicted octanol–water partition coefficient (Wildman–Crippen LogP) is 7.93. The normalized spacial score (nSPS) is 14.5. The lowest BCUT2D eigenvalue weighted by molar-refractivity contribution is 0.668. The molecule has 6 aromatic rings. The van der Waals surface area contributed by atoms with Crippen LogP contribution in [0.4, 0.5) is 0 Å². The topological polar surface area (TPSA) is 13.1 Å². The Labute approximate surface area is 185 Å². The van der Waals surface area contributed by atoms with Crippen molar-refractivity contribution >= 4 is 21.9 Å². The van der Waals surface area contributed by atoms with Crippen molar-refractivity contribution in [2.24, 2.45) is 0 Å². The Morgan fingerprint density at radius 3 is 1.62 bits per heavy atom. The first-order valence-electron chi connectivity index (χ1n) is 11.1. The van der Waals surface area contributed by atoms with Crippen molar-refractivity contribution in [1.29, 1.82) is 0 Å². The molecule has 0 bridgehead atoms. The molecule has 8 rings (SSSR count). The highest BCUT2D eigenvalue weighted by Gasteiger charge is 2.52. The molecule has 0 aliphatic heterocycles. The monoisotopic (exact) mass is 406 g/mol. The molecule has 5 aromatic carbocycles. The molecule has 2 aliphatic rings. The Morgan fingerprint density at radius 1 is 0.438 bits per heavy atom. The Balaban J connectivity index is 1.69. The minimum atomic E-state index is -0.342. The van der Waals surface area contributed by atoms with E-state index < -0.39 is 0 Å². The summed E-state index contributed by atoms with van der Waals surface area (Å²) in [7, 11) is 0. The summed E-state index contributed by atoms with van der Waals surface area (Å²) >= 11 is 0. The van der Waals surface area contributed by atoms with E-state index in [1.807, 2.05) is 0 Å². The van der Waals surface area contributed by atoms with E-state index in [0.717, 1.165) is 11.2 Å². The van der Waals surface area contributed by atoms with Crippen LogP contribution in [0.2, 0.25) is 0 Å². The molecule has 1 nitrogen and oxygen atoms in total. The highest BCUT2D eigenvalue weighted by molar-refractivity contribution is 6.13. The maximum Gasteiger partial charge on any atom is 0.135 e. The van der Waals surface area contributed by atoms with Gasteiger partial charge in [0.1, 0.15) is 11.2 Å². The van der Waals surface area contributed by atoms with Crippen LogP contribution < -0.4 is 0 Å². The fourth-order valence-corrected chi connectivity index (χ4v) is 6.40. The van der Waals surface area contributed by atoms with Crippen LogP contribution in [0.25, 0.3) is 44.2 Å². The van der Waals surface area contributed by atoms with E-state index in [9.17, 15) is 0 Å². The molecule has 0 saturated carbocycles. The van der Waals surface area contributed by atoms with Gasteiger partial charge >= 0.3 is 0 Å². The molecule has 2 aliphatic carbocycles. The number of fused-ring (bicyclic) bond motifs is 14. The number of para-hydroxylation sites is 1. The SMILES string of the molecule is c1ccc2c(c1)-c1ccccc1C21c2ccccc2-c2ccc3oc4ccccc4c3c21. The van der Waals surface area contributed by atoms with Gasteiger partial charge in [-0.05, 0) is 56.6 Å². The third-order valence-corrected chi connectivity index (χ3v) is 7.49. The van der Waals surface area contributed by atoms with E-state index in [0.29, 0.717) is 0 Å². The molecule has 0 amide bonds. The molecule has 148 valence electrons. The number of furan rings is 1. The Kier molecular flexibility index (Phi) is 2.89. The van der Waals surface area contributed by atoms with Crippen LogP contribution in [-0.4, -0.2) is 0 Å². The lowest BCUT2D eigenvalue weighted by Gasteiger charge is -2.31. The molecular weight excluding hydrogens is 388 g/mol. The van der Waals surface area contributed by atoms with Crippen LogP contribution in [0.15, 0.2) is 114 Å². The van der Waals surface area contributed by atoms with E-state index >= 15 is 0 Å². The molecule has 0 N–H and O–H groups in total. The van der Waals surface area contributed by atoms with Crippen LogP contribution in [0.1, 0.15) is 22.3 Å². The van der Waals surface area contributed by atoms with Gasteiger partial charge in [0.25, 0.3) is 0 Å². The zero-order valence-electron chi connectivity index (χ0n) is 17.3. The summed E-state index contributed by atoms with van der Waals surface area (Å²) in [5.74, 6) is 0. The van der Waals surface area contributed by atoms with Crippen molar-refractivity contribution < 1.29 is 4.42 Å². The fourth-order valence-electron chi connectivity index (χ4n) is 6.40. The maximum absolute atomic E-state index is 6.36. The molecule has 1 aromatic heterocycles. The highest BCUT2D eigenvalue weighted by Crippen LogP contribution is 2.64. The molecule has 0 atom stereocenters. The summed E-state index contributed by atoms with van der Waals surface area (Å²) in [4.78, 5) is 0. The summed E-state index contributed by atoms with van der Waals surface area (Å²) in [6.07, 6.45) is 0. The minimum Gasteiger partial charge on any atom is -0.456 e. The van der Waals surface area contributed by atoms with Crippen LogP contribution in [0.5, 0.6) is 0 Å². The van der Waals surface area contributed by atoms with Gasteiger partial charge in [0.15, 0.2) is 0 Å². The van der Waals surface area contributed by atoms with Gasteiger partial charge in [-0.3, -0.25) is 0 Å². The van der Waals surface area contributed by atoms with Crippen LogP contribution in [-0.2, 0) is 5.41 Å². The summed E-state index contributed by atoms with van der Waals surface area (Å²) in [6.45, 7) is 0. The van der Waals surface area contributed by atoms with Gasteiger partial charge in [-0.1, -0.05) is 97.1 Å². The second-order valence-electron chi connectivity index (χ2n) is 8.85. The van der Waals surface area contributed by atoms with Gasteiger partial charge in [0, 0.05) is 10.8 Å². The number of benzene rings is 5. The molecule has 32 heavy (non-hydrogen) atoms. The quantitative estimate of drug-likeness (QED) is 0.249. The Morgan fingerprint density at radius 2 is 0.969 bits per heavy atom. The molecule has 0 radical (unpaired) electrons. The molecule has 0 saturated heterocycles. The average Bonchev–Trinajstić information content (AvgIpc) is 3.48. The average molecular weight is 406 g/mol. The Bertz CT molecular complexity index is 1670. The van der Waals surface area contributed by atoms with E-state index in [2.05, 4.69) is 109 Å². The lowest BCUT2D eigenvalue weighted by Crippen LogP contribution is -2.26. The smallest absolute Gasteiger partial charge is 0.135 e. The molecule has 1 spiro atoms. The van der Waals surface area contributed by atoms with Crippen LogP contribution >= 0.6 is 0 Å². The number of hydrogen-bond donors (Lipinski definition) is 0. The standard InChI is InChI=1S/C31H18O/c1-5-13-24-19(9-1)20-10-2-6-14-25(20)31(24)26-15-7-3-11-21(26)22-17-18-28-29(30(22)31)23-12-4-8-16-27(23)32-28/h1-18H. The van der Waals surface area contributed by atoms with Gasteiger partial charge in [0.05, 0.1) is 5.41 Å². The summed E-state index contributed by atoms with van der Waals surface area (Å²) in [5.41, 5.74) is 12.3. The van der Waals surface area contributed by atoms with Gasteiger partial charge in [-0.2, -0.15) is 0 Å². The first-order chi connectivity index (χ1) is 15.9.